The number of nitrogens with zero attached hydrogens (tertiary/aromatic N) is 2. The smallest absolute Gasteiger partial charge is 0.0834 e. The fourth-order valence-corrected chi connectivity index (χ4v) is 3.79. The summed E-state index contributed by atoms with van der Waals surface area (Å²) in [6.45, 7) is 9.95. The predicted molar refractivity (Wildman–Crippen MR) is 84.7 cm³/mol. The van der Waals surface area contributed by atoms with Gasteiger partial charge in [-0.2, -0.15) is 5.10 Å². The van der Waals surface area contributed by atoms with Crippen LogP contribution in [0, 0.1) is 17.3 Å². The van der Waals surface area contributed by atoms with Gasteiger partial charge in [0, 0.05) is 6.54 Å². The molecule has 20 heavy (non-hydrogen) atoms. The van der Waals surface area contributed by atoms with Crippen molar-refractivity contribution < 1.29 is 0 Å². The van der Waals surface area contributed by atoms with Crippen molar-refractivity contribution in [2.75, 3.05) is 0 Å². The molecular weight excluding hydrogens is 270 g/mol. The van der Waals surface area contributed by atoms with Crippen molar-refractivity contribution in [2.24, 2.45) is 23.0 Å². The summed E-state index contributed by atoms with van der Waals surface area (Å²) in [5.74, 6) is 1.35. The van der Waals surface area contributed by atoms with Crippen molar-refractivity contribution >= 4 is 11.6 Å². The minimum Gasteiger partial charge on any atom is -0.322 e. The predicted octanol–water partition coefficient (Wildman–Crippen LogP) is 4.41. The molecule has 4 heteroatoms. The number of rotatable bonds is 3. The number of hydrogen-bond donors (Lipinski definition) is 1. The Hall–Kier alpha value is -0.540. The number of nitrogens with two attached hydrogens (primary N) is 1. The van der Waals surface area contributed by atoms with Crippen molar-refractivity contribution in [3.05, 3.63) is 16.9 Å². The molecule has 0 aromatic carbocycles. The van der Waals surface area contributed by atoms with E-state index in [2.05, 4.69) is 32.8 Å². The van der Waals surface area contributed by atoms with Gasteiger partial charge in [-0.1, -0.05) is 32.4 Å². The second-order valence-electron chi connectivity index (χ2n) is 7.20. The number of hydrogen-bond acceptors (Lipinski definition) is 2. The van der Waals surface area contributed by atoms with E-state index in [-0.39, 0.29) is 6.04 Å². The molecule has 1 saturated carbocycles. The summed E-state index contributed by atoms with van der Waals surface area (Å²) in [6, 6.07) is 0.0193. The van der Waals surface area contributed by atoms with Crippen LogP contribution >= 0.6 is 11.6 Å². The van der Waals surface area contributed by atoms with Gasteiger partial charge in [-0.05, 0) is 49.9 Å². The van der Waals surface area contributed by atoms with E-state index in [1.807, 2.05) is 4.68 Å². The van der Waals surface area contributed by atoms with E-state index in [9.17, 15) is 0 Å². The quantitative estimate of drug-likeness (QED) is 0.898. The van der Waals surface area contributed by atoms with Gasteiger partial charge in [0.15, 0.2) is 0 Å². The summed E-state index contributed by atoms with van der Waals surface area (Å²) >= 11 is 6.28. The summed E-state index contributed by atoms with van der Waals surface area (Å²) in [5.41, 5.74) is 7.94. The maximum atomic E-state index is 6.50. The Morgan fingerprint density at radius 3 is 2.45 bits per heavy atom. The van der Waals surface area contributed by atoms with Crippen LogP contribution in [-0.4, -0.2) is 9.78 Å². The first-order chi connectivity index (χ1) is 9.34. The number of halogens is 1. The standard InChI is InChI=1S/C16H28ClN3/c1-5-20-15(13(17)10-19-20)14(18)11-6-8-12(9-7-11)16(2,3)4/h10-12,14H,5-9,18H2,1-4H3. The molecule has 1 unspecified atom stereocenters. The molecule has 1 fully saturated rings. The van der Waals surface area contributed by atoms with Crippen LogP contribution in [0.2, 0.25) is 5.02 Å². The molecule has 3 nitrogen and oxygen atoms in total. The second-order valence-corrected chi connectivity index (χ2v) is 7.60. The van der Waals surface area contributed by atoms with Gasteiger partial charge in [-0.15, -0.1) is 0 Å². The topological polar surface area (TPSA) is 43.8 Å². The summed E-state index contributed by atoms with van der Waals surface area (Å²) in [7, 11) is 0. The Balaban J connectivity index is 2.05. The summed E-state index contributed by atoms with van der Waals surface area (Å²) in [6.07, 6.45) is 6.68. The normalized spacial score (nSPS) is 25.7. The number of aryl methyl sites for hydroxylation is 1. The first-order valence-corrected chi connectivity index (χ1v) is 8.19. The molecule has 1 aromatic heterocycles. The average Bonchev–Trinajstić information content (AvgIpc) is 2.78. The molecule has 0 aliphatic heterocycles. The maximum Gasteiger partial charge on any atom is 0.0834 e. The SMILES string of the molecule is CCn1ncc(Cl)c1C(N)C1CCC(C(C)(C)C)CC1. The Labute approximate surface area is 127 Å². The van der Waals surface area contributed by atoms with E-state index in [4.69, 9.17) is 17.3 Å². The lowest BCUT2D eigenvalue weighted by Gasteiger charge is -2.38. The highest BCUT2D eigenvalue weighted by Gasteiger charge is 2.33. The van der Waals surface area contributed by atoms with Crippen molar-refractivity contribution in [2.45, 2.75) is 66.0 Å². The van der Waals surface area contributed by atoms with Crippen molar-refractivity contribution in [1.29, 1.82) is 0 Å². The van der Waals surface area contributed by atoms with Gasteiger partial charge < -0.3 is 5.73 Å². The molecular formula is C16H28ClN3. The Morgan fingerprint density at radius 2 is 1.95 bits per heavy atom. The van der Waals surface area contributed by atoms with E-state index in [1.165, 1.54) is 25.7 Å². The molecule has 0 spiro atoms. The van der Waals surface area contributed by atoms with E-state index < -0.39 is 0 Å². The third-order valence-corrected chi connectivity index (χ3v) is 5.24. The highest BCUT2D eigenvalue weighted by molar-refractivity contribution is 6.31. The van der Waals surface area contributed by atoms with Crippen LogP contribution < -0.4 is 5.73 Å². The molecule has 0 radical (unpaired) electrons. The molecule has 0 amide bonds. The Morgan fingerprint density at radius 1 is 1.35 bits per heavy atom. The maximum absolute atomic E-state index is 6.50. The zero-order valence-corrected chi connectivity index (χ0v) is 14.0. The zero-order chi connectivity index (χ0) is 14.9. The molecule has 1 aliphatic carbocycles. The van der Waals surface area contributed by atoms with Crippen molar-refractivity contribution in [3.8, 4) is 0 Å². The minimum absolute atomic E-state index is 0.0193. The van der Waals surface area contributed by atoms with Crippen LogP contribution in [0.25, 0.3) is 0 Å². The van der Waals surface area contributed by atoms with E-state index in [0.29, 0.717) is 11.3 Å². The summed E-state index contributed by atoms with van der Waals surface area (Å²) in [5, 5.41) is 5.03. The van der Waals surface area contributed by atoms with Crippen LogP contribution in [-0.2, 0) is 6.54 Å². The van der Waals surface area contributed by atoms with Crippen LogP contribution in [0.1, 0.15) is 65.1 Å². The van der Waals surface area contributed by atoms with Crippen LogP contribution in [0.15, 0.2) is 6.20 Å². The lowest BCUT2D eigenvalue weighted by atomic mass is 9.68. The Kier molecular flexibility index (Phi) is 4.80. The zero-order valence-electron chi connectivity index (χ0n) is 13.2. The summed E-state index contributed by atoms with van der Waals surface area (Å²) in [4.78, 5) is 0. The average molecular weight is 298 g/mol. The second kappa shape index (κ2) is 6.07. The van der Waals surface area contributed by atoms with Gasteiger partial charge in [-0.3, -0.25) is 4.68 Å². The van der Waals surface area contributed by atoms with E-state index in [1.54, 1.807) is 6.20 Å². The molecule has 1 aromatic rings. The first kappa shape index (κ1) is 15.8. The van der Waals surface area contributed by atoms with E-state index >= 15 is 0 Å². The minimum atomic E-state index is 0.0193. The molecule has 1 heterocycles. The largest absolute Gasteiger partial charge is 0.322 e. The molecule has 0 saturated heterocycles. The van der Waals surface area contributed by atoms with Gasteiger partial charge >= 0.3 is 0 Å². The van der Waals surface area contributed by atoms with Crippen molar-refractivity contribution in [1.82, 2.24) is 9.78 Å². The lowest BCUT2D eigenvalue weighted by Crippen LogP contribution is -2.31. The van der Waals surface area contributed by atoms with Gasteiger partial charge in [0.25, 0.3) is 0 Å². The van der Waals surface area contributed by atoms with Crippen LogP contribution in [0.3, 0.4) is 0 Å². The molecule has 2 rings (SSSR count). The Bertz CT molecular complexity index is 439. The fraction of sp³-hybridized carbons (Fsp3) is 0.812. The fourth-order valence-electron chi connectivity index (χ4n) is 3.52. The van der Waals surface area contributed by atoms with Crippen LogP contribution in [0.5, 0.6) is 0 Å². The van der Waals surface area contributed by atoms with E-state index in [0.717, 1.165) is 23.2 Å². The van der Waals surface area contributed by atoms with Gasteiger partial charge in [0.1, 0.15) is 0 Å². The molecule has 2 N–H and O–H groups in total. The molecule has 114 valence electrons. The monoisotopic (exact) mass is 297 g/mol. The molecule has 1 aliphatic rings. The van der Waals surface area contributed by atoms with Gasteiger partial charge in [-0.25, -0.2) is 0 Å². The third kappa shape index (κ3) is 3.20. The van der Waals surface area contributed by atoms with Crippen LogP contribution in [0.4, 0.5) is 0 Å². The highest BCUT2D eigenvalue weighted by Crippen LogP contribution is 2.43. The van der Waals surface area contributed by atoms with Gasteiger partial charge in [0.2, 0.25) is 0 Å². The summed E-state index contributed by atoms with van der Waals surface area (Å²) < 4.78 is 1.95. The lowest BCUT2D eigenvalue weighted by molar-refractivity contribution is 0.138. The molecule has 0 bridgehead atoms. The first-order valence-electron chi connectivity index (χ1n) is 7.81. The third-order valence-electron chi connectivity index (χ3n) is 4.95. The van der Waals surface area contributed by atoms with Crippen molar-refractivity contribution in [3.63, 3.8) is 0 Å². The number of aromatic nitrogens is 2. The molecule has 1 atom stereocenters. The highest BCUT2D eigenvalue weighted by atomic mass is 35.5. The van der Waals surface area contributed by atoms with Gasteiger partial charge in [0.05, 0.1) is 23.0 Å².